The number of thiophene rings is 1. The number of ether oxygens (including phenoxy) is 1. The van der Waals surface area contributed by atoms with Crippen LogP contribution in [0.15, 0.2) is 0 Å². The van der Waals surface area contributed by atoms with Crippen LogP contribution in [0.5, 0.6) is 0 Å². The summed E-state index contributed by atoms with van der Waals surface area (Å²) in [6, 6.07) is 1.80. The van der Waals surface area contributed by atoms with Gasteiger partial charge in [0.1, 0.15) is 11.4 Å². The Morgan fingerprint density at radius 1 is 1.55 bits per heavy atom. The second kappa shape index (κ2) is 6.06. The number of nitriles is 1. The van der Waals surface area contributed by atoms with Crippen LogP contribution >= 0.6 is 11.3 Å². The minimum absolute atomic E-state index is 0.223. The van der Waals surface area contributed by atoms with Gasteiger partial charge in [-0.15, -0.1) is 11.3 Å². The molecule has 1 aromatic heterocycles. The van der Waals surface area contributed by atoms with E-state index in [1.165, 1.54) is 18.4 Å². The summed E-state index contributed by atoms with van der Waals surface area (Å²) in [5.74, 6) is -0.247. The molecule has 1 aromatic rings. The summed E-state index contributed by atoms with van der Waals surface area (Å²) in [7, 11) is 1.33. The lowest BCUT2D eigenvalue weighted by Crippen LogP contribution is -2.15. The summed E-state index contributed by atoms with van der Waals surface area (Å²) in [5.41, 5.74) is 1.46. The maximum Gasteiger partial charge on any atom is 0.341 e. The standard InChI is InChI=1S/C14H16N2O3S/c1-8-3-4-9-10(7-8)20-13(12(9)14(18)19-2)16-11(17)5-6-15/h8H,3-5,7H2,1-2H3,(H,16,17)/t8-/m0/s1. The highest BCUT2D eigenvalue weighted by atomic mass is 32.1. The summed E-state index contributed by atoms with van der Waals surface area (Å²) in [6.45, 7) is 2.18. The third kappa shape index (κ3) is 2.83. The smallest absolute Gasteiger partial charge is 0.341 e. The van der Waals surface area contributed by atoms with Crippen LogP contribution < -0.4 is 5.32 Å². The van der Waals surface area contributed by atoms with Crippen LogP contribution in [-0.2, 0) is 22.4 Å². The molecule has 1 atom stereocenters. The predicted molar refractivity (Wildman–Crippen MR) is 75.7 cm³/mol. The third-order valence-electron chi connectivity index (χ3n) is 3.39. The highest BCUT2D eigenvalue weighted by Crippen LogP contribution is 2.40. The molecule has 0 saturated carbocycles. The summed E-state index contributed by atoms with van der Waals surface area (Å²) >= 11 is 1.42. The van der Waals surface area contributed by atoms with E-state index in [0.717, 1.165) is 29.7 Å². The monoisotopic (exact) mass is 292 g/mol. The predicted octanol–water partition coefficient (Wildman–Crippen LogP) is 2.51. The third-order valence-corrected chi connectivity index (χ3v) is 4.56. The van der Waals surface area contributed by atoms with Gasteiger partial charge in [0, 0.05) is 4.88 Å². The summed E-state index contributed by atoms with van der Waals surface area (Å²) < 4.78 is 4.82. The number of anilines is 1. The molecule has 106 valence electrons. The molecule has 0 saturated heterocycles. The highest BCUT2D eigenvalue weighted by Gasteiger charge is 2.28. The van der Waals surface area contributed by atoms with Crippen molar-refractivity contribution in [2.24, 2.45) is 5.92 Å². The summed E-state index contributed by atoms with van der Waals surface area (Å²) in [4.78, 5) is 24.7. The van der Waals surface area contributed by atoms with Crippen molar-refractivity contribution in [1.82, 2.24) is 0 Å². The SMILES string of the molecule is COC(=O)c1c(NC(=O)CC#N)sc2c1CC[C@H](C)C2. The normalized spacial score (nSPS) is 16.9. The van der Waals surface area contributed by atoms with E-state index in [9.17, 15) is 9.59 Å². The molecule has 0 aliphatic heterocycles. The Morgan fingerprint density at radius 3 is 2.95 bits per heavy atom. The first-order chi connectivity index (χ1) is 9.56. The molecule has 6 heteroatoms. The van der Waals surface area contributed by atoms with Crippen LogP contribution in [0.25, 0.3) is 0 Å². The lowest BCUT2D eigenvalue weighted by atomic mass is 9.88. The zero-order chi connectivity index (χ0) is 14.7. The second-order valence-electron chi connectivity index (χ2n) is 4.93. The molecule has 1 aliphatic rings. The number of hydrogen-bond donors (Lipinski definition) is 1. The van der Waals surface area contributed by atoms with E-state index in [-0.39, 0.29) is 6.42 Å². The largest absolute Gasteiger partial charge is 0.465 e. The van der Waals surface area contributed by atoms with E-state index in [2.05, 4.69) is 12.2 Å². The van der Waals surface area contributed by atoms with Crippen molar-refractivity contribution in [3.8, 4) is 6.07 Å². The Bertz CT molecular complexity index is 586. The number of carbonyl (C=O) groups excluding carboxylic acids is 2. The van der Waals surface area contributed by atoms with Crippen molar-refractivity contribution in [3.63, 3.8) is 0 Å². The van der Waals surface area contributed by atoms with Crippen LogP contribution in [-0.4, -0.2) is 19.0 Å². The van der Waals surface area contributed by atoms with Gasteiger partial charge >= 0.3 is 5.97 Å². The molecule has 0 radical (unpaired) electrons. The number of rotatable bonds is 3. The second-order valence-corrected chi connectivity index (χ2v) is 6.04. The van der Waals surface area contributed by atoms with E-state index < -0.39 is 11.9 Å². The number of nitrogens with zero attached hydrogens (tertiary/aromatic N) is 1. The lowest BCUT2D eigenvalue weighted by Gasteiger charge is -2.18. The Hall–Kier alpha value is -1.87. The van der Waals surface area contributed by atoms with Crippen LogP contribution in [0.2, 0.25) is 0 Å². The number of amides is 1. The number of hydrogen-bond acceptors (Lipinski definition) is 5. The molecule has 2 rings (SSSR count). The molecule has 1 aliphatic carbocycles. The highest BCUT2D eigenvalue weighted by molar-refractivity contribution is 7.17. The first-order valence-corrected chi connectivity index (χ1v) is 7.28. The fraction of sp³-hybridized carbons (Fsp3) is 0.500. The van der Waals surface area contributed by atoms with Crippen molar-refractivity contribution in [2.75, 3.05) is 12.4 Å². The van der Waals surface area contributed by atoms with Gasteiger partial charge in [-0.05, 0) is 30.7 Å². The summed E-state index contributed by atoms with van der Waals surface area (Å²) in [6.07, 6.45) is 2.54. The maximum absolute atomic E-state index is 12.0. The van der Waals surface area contributed by atoms with Crippen molar-refractivity contribution in [1.29, 1.82) is 5.26 Å². The average Bonchev–Trinajstić information content (AvgIpc) is 2.74. The van der Waals surface area contributed by atoms with Gasteiger partial charge in [0.2, 0.25) is 5.91 Å². The topological polar surface area (TPSA) is 79.2 Å². The van der Waals surface area contributed by atoms with Crippen LogP contribution in [0.1, 0.15) is 40.6 Å². The Kier molecular flexibility index (Phi) is 4.40. The quantitative estimate of drug-likeness (QED) is 0.868. The van der Waals surface area contributed by atoms with Crippen LogP contribution in [0.4, 0.5) is 5.00 Å². The van der Waals surface area contributed by atoms with Crippen molar-refractivity contribution >= 4 is 28.2 Å². The fourth-order valence-corrected chi connectivity index (χ4v) is 3.81. The minimum atomic E-state index is -0.427. The van der Waals surface area contributed by atoms with Gasteiger partial charge in [0.15, 0.2) is 0 Å². The Labute approximate surface area is 121 Å². The van der Waals surface area contributed by atoms with Gasteiger partial charge < -0.3 is 10.1 Å². The average molecular weight is 292 g/mol. The Morgan fingerprint density at radius 2 is 2.30 bits per heavy atom. The number of esters is 1. The first-order valence-electron chi connectivity index (χ1n) is 6.46. The molecule has 1 amide bonds. The number of methoxy groups -OCH3 is 1. The van der Waals surface area contributed by atoms with E-state index >= 15 is 0 Å². The zero-order valence-corrected chi connectivity index (χ0v) is 12.3. The van der Waals surface area contributed by atoms with Crippen LogP contribution in [0, 0.1) is 17.2 Å². The molecule has 0 bridgehead atoms. The van der Waals surface area contributed by atoms with Gasteiger partial charge in [-0.25, -0.2) is 4.79 Å². The number of nitrogens with one attached hydrogen (secondary N) is 1. The maximum atomic E-state index is 12.0. The molecule has 1 N–H and O–H groups in total. The molecule has 1 heterocycles. The number of carbonyl (C=O) groups is 2. The fourth-order valence-electron chi connectivity index (χ4n) is 2.40. The van der Waals surface area contributed by atoms with Crippen molar-refractivity contribution < 1.29 is 14.3 Å². The van der Waals surface area contributed by atoms with Gasteiger partial charge in [0.25, 0.3) is 0 Å². The molecule has 0 spiro atoms. The zero-order valence-electron chi connectivity index (χ0n) is 11.5. The van der Waals surface area contributed by atoms with E-state index in [0.29, 0.717) is 16.5 Å². The van der Waals surface area contributed by atoms with Gasteiger partial charge in [-0.1, -0.05) is 6.92 Å². The van der Waals surface area contributed by atoms with E-state index in [1.807, 2.05) is 0 Å². The van der Waals surface area contributed by atoms with Crippen LogP contribution in [0.3, 0.4) is 0 Å². The molecular formula is C14H16N2O3S. The van der Waals surface area contributed by atoms with E-state index in [1.54, 1.807) is 6.07 Å². The van der Waals surface area contributed by atoms with Crippen molar-refractivity contribution in [3.05, 3.63) is 16.0 Å². The Balaban J connectivity index is 2.38. The van der Waals surface area contributed by atoms with Gasteiger partial charge in [-0.2, -0.15) is 5.26 Å². The molecule has 0 unspecified atom stereocenters. The molecule has 20 heavy (non-hydrogen) atoms. The lowest BCUT2D eigenvalue weighted by molar-refractivity contribution is -0.115. The molecule has 0 fully saturated rings. The van der Waals surface area contributed by atoms with Crippen molar-refractivity contribution in [2.45, 2.75) is 32.6 Å². The van der Waals surface area contributed by atoms with E-state index in [4.69, 9.17) is 10.00 Å². The molecule has 5 nitrogen and oxygen atoms in total. The van der Waals surface area contributed by atoms with Gasteiger partial charge in [0.05, 0.1) is 18.7 Å². The molecular weight excluding hydrogens is 276 g/mol. The van der Waals surface area contributed by atoms with Gasteiger partial charge in [-0.3, -0.25) is 4.79 Å². The first kappa shape index (κ1) is 14.5. The number of fused-ring (bicyclic) bond motifs is 1. The minimum Gasteiger partial charge on any atom is -0.465 e. The summed E-state index contributed by atoms with van der Waals surface area (Å²) in [5, 5.41) is 11.7. The molecule has 0 aromatic carbocycles.